The fourth-order valence-electron chi connectivity index (χ4n) is 2.20. The summed E-state index contributed by atoms with van der Waals surface area (Å²) in [7, 11) is 1.56. The largest absolute Gasteiger partial charge is 0.496 e. The molecule has 1 aromatic carbocycles. The zero-order valence-electron chi connectivity index (χ0n) is 9.44. The summed E-state index contributed by atoms with van der Waals surface area (Å²) in [4.78, 5) is 0. The van der Waals surface area contributed by atoms with Crippen LogP contribution in [-0.4, -0.2) is 7.11 Å². The summed E-state index contributed by atoms with van der Waals surface area (Å²) < 4.78 is 19.4. The molecule has 0 amide bonds. The van der Waals surface area contributed by atoms with Crippen LogP contribution in [0.3, 0.4) is 0 Å². The number of benzene rings is 1. The van der Waals surface area contributed by atoms with Crippen LogP contribution in [0.1, 0.15) is 30.4 Å². The summed E-state index contributed by atoms with van der Waals surface area (Å²) in [6, 6.07) is 1.75. The van der Waals surface area contributed by atoms with Crippen LogP contribution in [0.25, 0.3) is 0 Å². The lowest BCUT2D eigenvalue weighted by atomic mass is 9.72. The van der Waals surface area contributed by atoms with Gasteiger partial charge in [-0.1, -0.05) is 0 Å². The molecule has 0 bridgehead atoms. The van der Waals surface area contributed by atoms with E-state index >= 15 is 0 Å². The minimum atomic E-state index is -0.341. The van der Waals surface area contributed by atoms with Gasteiger partial charge in [0.2, 0.25) is 0 Å². The molecule has 1 aliphatic rings. The third-order valence-electron chi connectivity index (χ3n) is 3.38. The van der Waals surface area contributed by atoms with Crippen molar-refractivity contribution in [1.29, 1.82) is 0 Å². The van der Waals surface area contributed by atoms with Gasteiger partial charge in [-0.05, 0) is 48.2 Å². The lowest BCUT2D eigenvalue weighted by Crippen LogP contribution is -2.43. The first-order valence-electron chi connectivity index (χ1n) is 5.31. The zero-order valence-corrected chi connectivity index (χ0v) is 11.0. The second-order valence-corrected chi connectivity index (χ2v) is 5.24. The van der Waals surface area contributed by atoms with Crippen molar-refractivity contribution in [3.63, 3.8) is 0 Å². The molecule has 0 aromatic heterocycles. The van der Waals surface area contributed by atoms with Crippen LogP contribution < -0.4 is 10.5 Å². The van der Waals surface area contributed by atoms with E-state index in [2.05, 4.69) is 15.9 Å². The molecule has 1 aliphatic carbocycles. The van der Waals surface area contributed by atoms with E-state index < -0.39 is 0 Å². The smallest absolute Gasteiger partial charge is 0.143 e. The first-order chi connectivity index (χ1) is 7.49. The number of methoxy groups -OCH3 is 1. The Morgan fingerprint density at radius 3 is 2.56 bits per heavy atom. The highest BCUT2D eigenvalue weighted by molar-refractivity contribution is 9.10. The Hall–Kier alpha value is -0.610. The lowest BCUT2D eigenvalue weighted by Gasteiger charge is -2.39. The highest BCUT2D eigenvalue weighted by Gasteiger charge is 2.38. The van der Waals surface area contributed by atoms with Crippen molar-refractivity contribution in [2.24, 2.45) is 5.73 Å². The minimum absolute atomic E-state index is 0.275. The number of hydrogen-bond donors (Lipinski definition) is 1. The van der Waals surface area contributed by atoms with Crippen molar-refractivity contribution in [3.05, 3.63) is 27.5 Å². The number of halogens is 2. The monoisotopic (exact) mass is 287 g/mol. The Labute approximate surface area is 103 Å². The van der Waals surface area contributed by atoms with Gasteiger partial charge in [0.15, 0.2) is 0 Å². The maximum absolute atomic E-state index is 13.7. The van der Waals surface area contributed by atoms with E-state index in [0.29, 0.717) is 15.8 Å². The van der Waals surface area contributed by atoms with Crippen molar-refractivity contribution in [1.82, 2.24) is 0 Å². The Balaban J connectivity index is 2.60. The van der Waals surface area contributed by atoms with Gasteiger partial charge in [-0.2, -0.15) is 0 Å². The molecule has 4 heteroatoms. The average Bonchev–Trinajstić information content (AvgIpc) is 2.22. The molecular weight excluding hydrogens is 273 g/mol. The van der Waals surface area contributed by atoms with Crippen LogP contribution in [-0.2, 0) is 5.54 Å². The maximum atomic E-state index is 13.7. The Morgan fingerprint density at radius 1 is 1.50 bits per heavy atom. The molecule has 2 N–H and O–H groups in total. The standard InChI is InChI=1S/C12H15BrFNO/c1-7-10(14)9(13)6-8(11(7)16-2)12(15)4-3-5-12/h6H,3-5,15H2,1-2H3. The van der Waals surface area contributed by atoms with E-state index in [1.807, 2.05) is 0 Å². The van der Waals surface area contributed by atoms with Gasteiger partial charge in [0.1, 0.15) is 11.6 Å². The molecule has 88 valence electrons. The second-order valence-electron chi connectivity index (χ2n) is 4.39. The molecule has 2 rings (SSSR count). The van der Waals surface area contributed by atoms with Gasteiger partial charge in [0.05, 0.1) is 11.6 Å². The first-order valence-corrected chi connectivity index (χ1v) is 6.11. The molecule has 16 heavy (non-hydrogen) atoms. The summed E-state index contributed by atoms with van der Waals surface area (Å²) in [6.45, 7) is 1.71. The number of ether oxygens (including phenoxy) is 1. The highest BCUT2D eigenvalue weighted by atomic mass is 79.9. The van der Waals surface area contributed by atoms with Crippen molar-refractivity contribution in [2.45, 2.75) is 31.7 Å². The van der Waals surface area contributed by atoms with Crippen LogP contribution in [0.4, 0.5) is 4.39 Å². The molecule has 1 aromatic rings. The van der Waals surface area contributed by atoms with Gasteiger partial charge >= 0.3 is 0 Å². The van der Waals surface area contributed by atoms with Crippen LogP contribution in [0.5, 0.6) is 5.75 Å². The molecule has 2 nitrogen and oxygen atoms in total. The van der Waals surface area contributed by atoms with Crippen molar-refractivity contribution in [3.8, 4) is 5.75 Å². The molecular formula is C12H15BrFNO. The summed E-state index contributed by atoms with van der Waals surface area (Å²) >= 11 is 3.22. The van der Waals surface area contributed by atoms with Gasteiger partial charge in [-0.25, -0.2) is 4.39 Å². The molecule has 0 unspecified atom stereocenters. The number of hydrogen-bond acceptors (Lipinski definition) is 2. The van der Waals surface area contributed by atoms with Gasteiger partial charge in [0, 0.05) is 16.7 Å². The van der Waals surface area contributed by atoms with E-state index in [9.17, 15) is 4.39 Å². The summed E-state index contributed by atoms with van der Waals surface area (Å²) in [6.07, 6.45) is 2.98. The van der Waals surface area contributed by atoms with Crippen LogP contribution in [0.2, 0.25) is 0 Å². The molecule has 0 aliphatic heterocycles. The third kappa shape index (κ3) is 1.64. The van der Waals surface area contributed by atoms with Gasteiger partial charge < -0.3 is 10.5 Å². The quantitative estimate of drug-likeness (QED) is 0.906. The molecule has 0 spiro atoms. The third-order valence-corrected chi connectivity index (χ3v) is 3.96. The van der Waals surface area contributed by atoms with Gasteiger partial charge in [0.25, 0.3) is 0 Å². The van der Waals surface area contributed by atoms with E-state index in [1.165, 1.54) is 0 Å². The van der Waals surface area contributed by atoms with E-state index in [-0.39, 0.29) is 11.4 Å². The maximum Gasteiger partial charge on any atom is 0.143 e. The minimum Gasteiger partial charge on any atom is -0.496 e. The predicted molar refractivity (Wildman–Crippen MR) is 65.1 cm³/mol. The molecule has 0 radical (unpaired) electrons. The van der Waals surface area contributed by atoms with Crippen molar-refractivity contribution >= 4 is 15.9 Å². The number of rotatable bonds is 2. The normalized spacial score (nSPS) is 18.1. The Kier molecular flexibility index (Phi) is 2.97. The van der Waals surface area contributed by atoms with Gasteiger partial charge in [-0.3, -0.25) is 0 Å². The van der Waals surface area contributed by atoms with Crippen molar-refractivity contribution in [2.75, 3.05) is 7.11 Å². The van der Waals surface area contributed by atoms with E-state index in [4.69, 9.17) is 10.5 Å². The summed E-state index contributed by atoms with van der Waals surface area (Å²) in [5.41, 5.74) is 7.35. The summed E-state index contributed by atoms with van der Waals surface area (Å²) in [5, 5.41) is 0. The predicted octanol–water partition coefficient (Wildman–Crippen LogP) is 3.24. The molecule has 1 fully saturated rings. The van der Waals surface area contributed by atoms with Crippen molar-refractivity contribution < 1.29 is 9.13 Å². The molecule has 0 saturated heterocycles. The first kappa shape index (κ1) is 11.9. The fourth-order valence-corrected chi connectivity index (χ4v) is 2.72. The lowest BCUT2D eigenvalue weighted by molar-refractivity contribution is 0.242. The average molecular weight is 288 g/mol. The zero-order chi connectivity index (χ0) is 11.9. The highest BCUT2D eigenvalue weighted by Crippen LogP contribution is 2.45. The molecule has 0 heterocycles. The van der Waals surface area contributed by atoms with E-state index in [0.717, 1.165) is 24.8 Å². The number of nitrogens with two attached hydrogens (primary N) is 1. The Morgan fingerprint density at radius 2 is 2.12 bits per heavy atom. The van der Waals surface area contributed by atoms with Crippen LogP contribution >= 0.6 is 15.9 Å². The van der Waals surface area contributed by atoms with Gasteiger partial charge in [-0.15, -0.1) is 0 Å². The summed E-state index contributed by atoms with van der Waals surface area (Å²) in [5.74, 6) is 0.312. The van der Waals surface area contributed by atoms with Crippen LogP contribution in [0.15, 0.2) is 10.5 Å². The SMILES string of the molecule is COc1c(C2(N)CCC2)cc(Br)c(F)c1C. The van der Waals surface area contributed by atoms with E-state index in [1.54, 1.807) is 20.1 Å². The molecule has 0 atom stereocenters. The fraction of sp³-hybridized carbons (Fsp3) is 0.500. The second kappa shape index (κ2) is 4.00. The molecule has 1 saturated carbocycles. The topological polar surface area (TPSA) is 35.2 Å². The van der Waals surface area contributed by atoms with Crippen LogP contribution in [0, 0.1) is 12.7 Å². The Bertz CT molecular complexity index is 430.